The number of nitrogens with zero attached hydrogens (tertiary/aromatic N) is 2. The van der Waals surface area contributed by atoms with Crippen molar-refractivity contribution in [2.24, 2.45) is 23.7 Å². The van der Waals surface area contributed by atoms with Crippen LogP contribution in [0.15, 0.2) is 0 Å². The molecule has 0 spiro atoms. The molecule has 2 aliphatic heterocycles. The summed E-state index contributed by atoms with van der Waals surface area (Å²) in [7, 11) is 2.32. The number of hydrogen-bond acceptors (Lipinski definition) is 2. The van der Waals surface area contributed by atoms with E-state index in [1.807, 2.05) is 0 Å². The van der Waals surface area contributed by atoms with Gasteiger partial charge in [-0.3, -0.25) is 0 Å². The lowest BCUT2D eigenvalue weighted by atomic mass is 9.72. The predicted octanol–water partition coefficient (Wildman–Crippen LogP) is 2.70. The Labute approximate surface area is 113 Å². The van der Waals surface area contributed by atoms with E-state index >= 15 is 0 Å². The van der Waals surface area contributed by atoms with Crippen LogP contribution in [0.25, 0.3) is 0 Å². The van der Waals surface area contributed by atoms with Crippen LogP contribution in [0.2, 0.25) is 0 Å². The second-order valence-corrected chi connectivity index (χ2v) is 7.32. The van der Waals surface area contributed by atoms with Gasteiger partial charge in [0.15, 0.2) is 0 Å². The van der Waals surface area contributed by atoms with Crippen LogP contribution >= 0.6 is 0 Å². The smallest absolute Gasteiger partial charge is 0.00251 e. The van der Waals surface area contributed by atoms with E-state index in [0.29, 0.717) is 0 Å². The minimum Gasteiger partial charge on any atom is -0.306 e. The fraction of sp³-hybridized carbons (Fsp3) is 1.00. The lowest BCUT2D eigenvalue weighted by molar-refractivity contribution is 0.119. The topological polar surface area (TPSA) is 6.48 Å². The molecule has 18 heavy (non-hydrogen) atoms. The van der Waals surface area contributed by atoms with E-state index in [0.717, 1.165) is 23.7 Å². The maximum Gasteiger partial charge on any atom is 0.00251 e. The number of piperidine rings is 1. The summed E-state index contributed by atoms with van der Waals surface area (Å²) >= 11 is 0. The van der Waals surface area contributed by atoms with Crippen LogP contribution in [-0.2, 0) is 0 Å². The van der Waals surface area contributed by atoms with Gasteiger partial charge in [-0.2, -0.15) is 0 Å². The highest BCUT2D eigenvalue weighted by Crippen LogP contribution is 2.41. The van der Waals surface area contributed by atoms with Crippen LogP contribution in [0.5, 0.6) is 0 Å². The minimum absolute atomic E-state index is 0.966. The molecule has 0 aromatic heterocycles. The summed E-state index contributed by atoms with van der Waals surface area (Å²) in [6, 6.07) is 0. The van der Waals surface area contributed by atoms with Crippen molar-refractivity contribution in [3.05, 3.63) is 0 Å². The van der Waals surface area contributed by atoms with E-state index < -0.39 is 0 Å². The van der Waals surface area contributed by atoms with Gasteiger partial charge in [-0.25, -0.2) is 0 Å². The van der Waals surface area contributed by atoms with Crippen LogP contribution < -0.4 is 0 Å². The summed E-state index contributed by atoms with van der Waals surface area (Å²) in [4.78, 5) is 5.34. The lowest BCUT2D eigenvalue weighted by Crippen LogP contribution is -2.40. The average molecular weight is 250 g/mol. The molecule has 3 aliphatic rings. The normalized spacial score (nSPS) is 37.0. The molecule has 2 atom stereocenters. The van der Waals surface area contributed by atoms with Gasteiger partial charge in [-0.15, -0.1) is 0 Å². The summed E-state index contributed by atoms with van der Waals surface area (Å²) in [6.07, 6.45) is 7.39. The fourth-order valence-corrected chi connectivity index (χ4v) is 4.29. The van der Waals surface area contributed by atoms with Crippen molar-refractivity contribution in [2.75, 3.05) is 39.8 Å². The molecule has 0 aromatic rings. The van der Waals surface area contributed by atoms with E-state index in [1.165, 1.54) is 64.8 Å². The van der Waals surface area contributed by atoms with Crippen LogP contribution in [0.1, 0.15) is 39.0 Å². The standard InChI is InChI=1S/C16H30N2/c1-13-6-8-18(9-7-13)11-15-10-17(2)12-16(15)14-4-3-5-14/h13-16H,3-12H2,1-2H3. The zero-order valence-electron chi connectivity index (χ0n) is 12.3. The summed E-state index contributed by atoms with van der Waals surface area (Å²) in [6.45, 7) is 9.25. The van der Waals surface area contributed by atoms with Gasteiger partial charge in [-0.05, 0) is 56.7 Å². The highest BCUT2D eigenvalue weighted by molar-refractivity contribution is 4.91. The highest BCUT2D eigenvalue weighted by Gasteiger charge is 2.39. The Morgan fingerprint density at radius 2 is 1.72 bits per heavy atom. The van der Waals surface area contributed by atoms with Gasteiger partial charge in [0.2, 0.25) is 0 Å². The lowest BCUT2D eigenvalue weighted by Gasteiger charge is -2.38. The largest absolute Gasteiger partial charge is 0.306 e. The van der Waals surface area contributed by atoms with E-state index in [-0.39, 0.29) is 0 Å². The van der Waals surface area contributed by atoms with Crippen molar-refractivity contribution in [3.63, 3.8) is 0 Å². The van der Waals surface area contributed by atoms with E-state index in [4.69, 9.17) is 0 Å². The first-order valence-electron chi connectivity index (χ1n) is 8.13. The Morgan fingerprint density at radius 3 is 2.33 bits per heavy atom. The second-order valence-electron chi connectivity index (χ2n) is 7.32. The molecule has 2 heterocycles. The molecule has 2 nitrogen and oxygen atoms in total. The Hall–Kier alpha value is -0.0800. The zero-order valence-corrected chi connectivity index (χ0v) is 12.3. The Bertz CT molecular complexity index is 266. The molecule has 2 saturated heterocycles. The molecule has 3 rings (SSSR count). The number of rotatable bonds is 3. The second kappa shape index (κ2) is 5.50. The maximum absolute atomic E-state index is 2.76. The molecule has 1 aliphatic carbocycles. The first kappa shape index (κ1) is 12.9. The van der Waals surface area contributed by atoms with Gasteiger partial charge >= 0.3 is 0 Å². The number of likely N-dealkylation sites (tertiary alicyclic amines) is 2. The van der Waals surface area contributed by atoms with Crippen molar-refractivity contribution in [2.45, 2.75) is 39.0 Å². The monoisotopic (exact) mass is 250 g/mol. The van der Waals surface area contributed by atoms with Crippen molar-refractivity contribution in [3.8, 4) is 0 Å². The van der Waals surface area contributed by atoms with Crippen molar-refractivity contribution >= 4 is 0 Å². The minimum atomic E-state index is 0.966. The van der Waals surface area contributed by atoms with Gasteiger partial charge in [0.05, 0.1) is 0 Å². The Kier molecular flexibility index (Phi) is 3.95. The van der Waals surface area contributed by atoms with Crippen LogP contribution in [0, 0.1) is 23.7 Å². The molecule has 0 amide bonds. The van der Waals surface area contributed by atoms with E-state index in [1.54, 1.807) is 0 Å². The molecule has 2 heteroatoms. The highest BCUT2D eigenvalue weighted by atomic mass is 15.2. The van der Waals surface area contributed by atoms with Gasteiger partial charge in [0.25, 0.3) is 0 Å². The molecule has 0 aromatic carbocycles. The molecular weight excluding hydrogens is 220 g/mol. The first-order valence-corrected chi connectivity index (χ1v) is 8.13. The van der Waals surface area contributed by atoms with Crippen LogP contribution in [0.3, 0.4) is 0 Å². The van der Waals surface area contributed by atoms with Gasteiger partial charge < -0.3 is 9.80 Å². The van der Waals surface area contributed by atoms with Gasteiger partial charge in [0, 0.05) is 19.6 Å². The first-order chi connectivity index (χ1) is 8.72. The molecule has 2 unspecified atom stereocenters. The van der Waals surface area contributed by atoms with Gasteiger partial charge in [-0.1, -0.05) is 26.2 Å². The zero-order chi connectivity index (χ0) is 12.5. The molecule has 104 valence electrons. The molecular formula is C16H30N2. The molecule has 1 saturated carbocycles. The Balaban J connectivity index is 1.53. The third-order valence-electron chi connectivity index (χ3n) is 5.80. The van der Waals surface area contributed by atoms with Crippen LogP contribution in [-0.4, -0.2) is 49.6 Å². The number of hydrogen-bond donors (Lipinski definition) is 0. The van der Waals surface area contributed by atoms with Crippen molar-refractivity contribution in [1.82, 2.24) is 9.80 Å². The maximum atomic E-state index is 2.76. The molecule has 0 N–H and O–H groups in total. The molecule has 3 fully saturated rings. The fourth-order valence-electron chi connectivity index (χ4n) is 4.29. The van der Waals surface area contributed by atoms with Crippen molar-refractivity contribution in [1.29, 1.82) is 0 Å². The third kappa shape index (κ3) is 2.75. The molecule has 0 bridgehead atoms. The molecule has 0 radical (unpaired) electrons. The summed E-state index contributed by atoms with van der Waals surface area (Å²) in [5.74, 6) is 4.02. The third-order valence-corrected chi connectivity index (χ3v) is 5.80. The summed E-state index contributed by atoms with van der Waals surface area (Å²) in [5.41, 5.74) is 0. The summed E-state index contributed by atoms with van der Waals surface area (Å²) in [5, 5.41) is 0. The van der Waals surface area contributed by atoms with Crippen LogP contribution in [0.4, 0.5) is 0 Å². The summed E-state index contributed by atoms with van der Waals surface area (Å²) < 4.78 is 0. The van der Waals surface area contributed by atoms with E-state index in [2.05, 4.69) is 23.8 Å². The van der Waals surface area contributed by atoms with Gasteiger partial charge in [0.1, 0.15) is 0 Å². The van der Waals surface area contributed by atoms with E-state index in [9.17, 15) is 0 Å². The average Bonchev–Trinajstić information content (AvgIpc) is 2.61. The van der Waals surface area contributed by atoms with Crippen molar-refractivity contribution < 1.29 is 0 Å². The Morgan fingerprint density at radius 1 is 1.00 bits per heavy atom. The SMILES string of the molecule is CC1CCN(CC2CN(C)CC2C2CCC2)CC1. The predicted molar refractivity (Wildman–Crippen MR) is 76.7 cm³/mol. The quantitative estimate of drug-likeness (QED) is 0.760.